The highest BCUT2D eigenvalue weighted by atomic mass is 127. The van der Waals surface area contributed by atoms with Gasteiger partial charge < -0.3 is 17.5 Å². The Hall–Kier alpha value is -2.02. The van der Waals surface area contributed by atoms with Crippen molar-refractivity contribution in [3.63, 3.8) is 0 Å². The van der Waals surface area contributed by atoms with Crippen molar-refractivity contribution in [3.8, 4) is 11.5 Å². The molecule has 2 aliphatic rings. The minimum atomic E-state index is -0.381. The van der Waals surface area contributed by atoms with Gasteiger partial charge in [-0.05, 0) is 38.1 Å². The third-order valence-electron chi connectivity index (χ3n) is 3.99. The molecule has 0 amide bonds. The molecule has 0 fully saturated rings. The Balaban J connectivity index is 1.68. The SMILES string of the molecule is CCN1I=C(/C=C2/Oc3ccccc3N2CC)Oc2ccccc21. The van der Waals surface area contributed by atoms with E-state index in [1.54, 1.807) is 0 Å². The molecule has 2 aromatic carbocycles. The number of benzene rings is 2. The largest absolute Gasteiger partial charge is 0.448 e. The van der Waals surface area contributed by atoms with Gasteiger partial charge in [0.05, 0.1) is 11.4 Å². The lowest BCUT2D eigenvalue weighted by atomic mass is 10.3. The summed E-state index contributed by atoms with van der Waals surface area (Å²) in [5, 5.41) is 0. The molecule has 0 spiro atoms. The topological polar surface area (TPSA) is 24.9 Å². The van der Waals surface area contributed by atoms with Gasteiger partial charge in [0.1, 0.15) is 0 Å². The Morgan fingerprint density at radius 1 is 0.875 bits per heavy atom. The molecular formula is C19H19IN2O2. The Labute approximate surface area is 152 Å². The van der Waals surface area contributed by atoms with Gasteiger partial charge in [0.2, 0.25) is 5.88 Å². The van der Waals surface area contributed by atoms with Gasteiger partial charge in [-0.15, -0.1) is 0 Å². The maximum atomic E-state index is 6.16. The molecule has 4 nitrogen and oxygen atoms in total. The lowest BCUT2D eigenvalue weighted by Gasteiger charge is -2.26. The van der Waals surface area contributed by atoms with Crippen LogP contribution in [0.1, 0.15) is 13.8 Å². The van der Waals surface area contributed by atoms with Crippen LogP contribution in [0.4, 0.5) is 11.4 Å². The highest BCUT2D eigenvalue weighted by molar-refractivity contribution is 14.2. The zero-order valence-electron chi connectivity index (χ0n) is 13.7. The van der Waals surface area contributed by atoms with Crippen molar-refractivity contribution in [2.75, 3.05) is 21.1 Å². The Morgan fingerprint density at radius 2 is 1.54 bits per heavy atom. The average molecular weight is 434 g/mol. The van der Waals surface area contributed by atoms with Gasteiger partial charge in [0.15, 0.2) is 15.2 Å². The third-order valence-corrected chi connectivity index (χ3v) is 6.78. The van der Waals surface area contributed by atoms with E-state index in [2.05, 4.69) is 46.1 Å². The predicted molar refractivity (Wildman–Crippen MR) is 107 cm³/mol. The van der Waals surface area contributed by atoms with Gasteiger partial charge in [-0.2, -0.15) is 0 Å². The molecule has 0 radical (unpaired) electrons. The van der Waals surface area contributed by atoms with Crippen molar-refractivity contribution in [3.05, 3.63) is 60.5 Å². The van der Waals surface area contributed by atoms with E-state index < -0.39 is 0 Å². The molecule has 0 aromatic heterocycles. The van der Waals surface area contributed by atoms with Crippen LogP contribution in [0.2, 0.25) is 0 Å². The second-order valence-electron chi connectivity index (χ2n) is 5.43. The second kappa shape index (κ2) is 6.47. The van der Waals surface area contributed by atoms with Crippen molar-refractivity contribution in [1.82, 2.24) is 0 Å². The number of hydrogen-bond acceptors (Lipinski definition) is 4. The molecule has 0 aliphatic carbocycles. The van der Waals surface area contributed by atoms with Crippen molar-refractivity contribution in [2.24, 2.45) is 0 Å². The number of anilines is 2. The van der Waals surface area contributed by atoms with Gasteiger partial charge in [-0.3, -0.25) is 0 Å². The van der Waals surface area contributed by atoms with E-state index >= 15 is 0 Å². The van der Waals surface area contributed by atoms with Crippen LogP contribution in [-0.2, 0) is 0 Å². The van der Waals surface area contributed by atoms with E-state index in [0.717, 1.165) is 39.9 Å². The first-order chi connectivity index (χ1) is 11.8. The summed E-state index contributed by atoms with van der Waals surface area (Å²) in [4.78, 5) is 2.19. The summed E-state index contributed by atoms with van der Waals surface area (Å²) in [7, 11) is 0. The number of halogens is 1. The molecule has 4 rings (SSSR count). The molecule has 2 aromatic rings. The van der Waals surface area contributed by atoms with Crippen molar-refractivity contribution >= 4 is 36.1 Å². The first kappa shape index (κ1) is 15.5. The number of rotatable bonds is 3. The van der Waals surface area contributed by atoms with Crippen molar-refractivity contribution in [1.29, 1.82) is 0 Å². The normalized spacial score (nSPS) is 17.4. The second-order valence-corrected chi connectivity index (χ2v) is 8.14. The quantitative estimate of drug-likeness (QED) is 0.518. The van der Waals surface area contributed by atoms with Crippen molar-refractivity contribution < 1.29 is 9.47 Å². The van der Waals surface area contributed by atoms with Crippen LogP contribution in [0.5, 0.6) is 11.5 Å². The summed E-state index contributed by atoms with van der Waals surface area (Å²) in [5.41, 5.74) is 2.31. The van der Waals surface area contributed by atoms with Crippen molar-refractivity contribution in [2.45, 2.75) is 13.8 Å². The smallest absolute Gasteiger partial charge is 0.204 e. The molecule has 0 saturated carbocycles. The highest BCUT2D eigenvalue weighted by Gasteiger charge is 2.26. The zero-order valence-corrected chi connectivity index (χ0v) is 15.9. The number of ether oxygens (including phenoxy) is 2. The van der Waals surface area contributed by atoms with Crippen LogP contribution < -0.4 is 17.5 Å². The minimum Gasteiger partial charge on any atom is -0.448 e. The summed E-state index contributed by atoms with van der Waals surface area (Å²) in [6.45, 7) is 6.17. The Kier molecular flexibility index (Phi) is 4.18. The molecule has 124 valence electrons. The Bertz CT molecular complexity index is 832. The third kappa shape index (κ3) is 2.66. The lowest BCUT2D eigenvalue weighted by Crippen LogP contribution is -2.23. The molecule has 2 heterocycles. The molecule has 2 aliphatic heterocycles. The summed E-state index contributed by atoms with van der Waals surface area (Å²) in [6.07, 6.45) is 2.06. The maximum absolute atomic E-state index is 6.16. The molecule has 5 heteroatoms. The lowest BCUT2D eigenvalue weighted by molar-refractivity contribution is 0.438. The standard InChI is InChI=1S/C19H19IN2O2/c1-3-21-14-9-5-7-11-16(14)24-19(21)13-18-20-22(4-2)15-10-6-8-12-17(15)23-18/h5-13H,3-4H2,1-2H3/b19-13+. The maximum Gasteiger partial charge on any atom is 0.204 e. The molecule has 0 unspecified atom stereocenters. The van der Waals surface area contributed by atoms with Crippen LogP contribution in [-0.4, -0.2) is 16.8 Å². The van der Waals surface area contributed by atoms with Crippen LogP contribution in [0.25, 0.3) is 0 Å². The number of para-hydroxylation sites is 4. The van der Waals surface area contributed by atoms with Gasteiger partial charge in [0.25, 0.3) is 0 Å². The highest BCUT2D eigenvalue weighted by Crippen LogP contribution is 2.40. The van der Waals surface area contributed by atoms with Crippen LogP contribution in [0, 0.1) is 0 Å². The fraction of sp³-hybridized carbons (Fsp3) is 0.211. The van der Waals surface area contributed by atoms with E-state index in [9.17, 15) is 0 Å². The molecule has 0 saturated heterocycles. The number of nitrogens with zero attached hydrogens (tertiary/aromatic N) is 2. The van der Waals surface area contributed by atoms with Gasteiger partial charge >= 0.3 is 0 Å². The number of hydrogen-bond donors (Lipinski definition) is 0. The van der Waals surface area contributed by atoms with E-state index in [-0.39, 0.29) is 21.0 Å². The monoisotopic (exact) mass is 434 g/mol. The molecule has 0 bridgehead atoms. The molecule has 0 atom stereocenters. The minimum absolute atomic E-state index is 0.381. The van der Waals surface area contributed by atoms with Crippen LogP contribution in [0.3, 0.4) is 0 Å². The van der Waals surface area contributed by atoms with Gasteiger partial charge in [-0.25, -0.2) is 0 Å². The first-order valence-corrected chi connectivity index (χ1v) is 10.2. The summed E-state index contributed by atoms with van der Waals surface area (Å²) < 4.78 is 15.6. The van der Waals surface area contributed by atoms with Crippen LogP contribution in [0.15, 0.2) is 60.5 Å². The fourth-order valence-electron chi connectivity index (χ4n) is 2.88. The average Bonchev–Trinajstić information content (AvgIpc) is 2.97. The van der Waals surface area contributed by atoms with Crippen LogP contribution >= 0.6 is 21.0 Å². The predicted octanol–water partition coefficient (Wildman–Crippen LogP) is 4.68. The van der Waals surface area contributed by atoms with E-state index in [4.69, 9.17) is 9.47 Å². The summed E-state index contributed by atoms with van der Waals surface area (Å²) in [5.74, 6) is 2.69. The molecular weight excluding hydrogens is 415 g/mol. The zero-order chi connectivity index (χ0) is 16.5. The summed E-state index contributed by atoms with van der Waals surface area (Å²) in [6, 6.07) is 16.4. The van der Waals surface area contributed by atoms with Gasteiger partial charge in [0, 0.05) is 40.2 Å². The first-order valence-electron chi connectivity index (χ1n) is 8.12. The number of fused-ring (bicyclic) bond motifs is 2. The van der Waals surface area contributed by atoms with E-state index in [0.29, 0.717) is 0 Å². The summed E-state index contributed by atoms with van der Waals surface area (Å²) >= 11 is -0.381. The van der Waals surface area contributed by atoms with Gasteiger partial charge in [-0.1, -0.05) is 24.3 Å². The molecule has 24 heavy (non-hydrogen) atoms. The fourth-order valence-corrected chi connectivity index (χ4v) is 5.19. The van der Waals surface area contributed by atoms with E-state index in [1.807, 2.05) is 30.3 Å². The Morgan fingerprint density at radius 3 is 2.25 bits per heavy atom. The molecule has 0 N–H and O–H groups in total. The van der Waals surface area contributed by atoms with E-state index in [1.165, 1.54) is 5.69 Å².